The lowest BCUT2D eigenvalue weighted by molar-refractivity contribution is 0.736. The number of pyridine rings is 1. The average molecular weight is 521 g/mol. The molecule has 1 unspecified atom stereocenters. The molecule has 1 aromatic heterocycles. The van der Waals surface area contributed by atoms with E-state index in [1.54, 1.807) is 0 Å². The molecule has 1 aliphatic rings. The fraction of sp³-hybridized carbons (Fsp3) is 0.351. The molecular weight excluding hydrogens is 472 g/mol. The van der Waals surface area contributed by atoms with E-state index < -0.39 is 0 Å². The van der Waals surface area contributed by atoms with E-state index in [1.807, 2.05) is 37.5 Å². The number of aromatic nitrogens is 1. The predicted molar refractivity (Wildman–Crippen MR) is 174 cm³/mol. The van der Waals surface area contributed by atoms with Crippen molar-refractivity contribution in [3.63, 3.8) is 0 Å². The molecule has 2 heteroatoms. The van der Waals surface area contributed by atoms with Gasteiger partial charge in [-0.3, -0.25) is 9.98 Å². The van der Waals surface area contributed by atoms with Crippen molar-refractivity contribution in [2.75, 3.05) is 0 Å². The van der Waals surface area contributed by atoms with Crippen molar-refractivity contribution in [1.29, 1.82) is 0 Å². The molecule has 206 valence electrons. The maximum Gasteiger partial charge on any atom is 0.0654 e. The Morgan fingerprint density at radius 3 is 2.08 bits per heavy atom. The Morgan fingerprint density at radius 2 is 1.56 bits per heavy atom. The Labute approximate surface area is 238 Å². The van der Waals surface area contributed by atoms with Gasteiger partial charge in [-0.1, -0.05) is 95.0 Å². The highest BCUT2D eigenvalue weighted by Gasteiger charge is 2.19. The Bertz CT molecular complexity index is 1250. The predicted octanol–water partition coefficient (Wildman–Crippen LogP) is 11.1. The minimum atomic E-state index is 0.458. The maximum atomic E-state index is 5.25. The van der Waals surface area contributed by atoms with Crippen molar-refractivity contribution in [3.8, 4) is 11.1 Å². The first-order valence-corrected chi connectivity index (χ1v) is 14.4. The molecule has 39 heavy (non-hydrogen) atoms. The van der Waals surface area contributed by atoms with Crippen LogP contribution >= 0.6 is 0 Å². The van der Waals surface area contributed by atoms with Crippen molar-refractivity contribution >= 4 is 11.3 Å². The van der Waals surface area contributed by atoms with Gasteiger partial charge in [-0.15, -0.1) is 0 Å². The molecule has 1 aliphatic carbocycles. The van der Waals surface area contributed by atoms with Gasteiger partial charge in [-0.25, -0.2) is 0 Å². The SMILES string of the molecule is C=C(C)c1ccc(-c2ccncc2)cc1.C=C/C=C(CC)/C(N=C(C1=CCCC=C1C)C(C)CC)=C(/C)CC. The minimum Gasteiger partial charge on any atom is -0.265 e. The molecule has 1 aromatic carbocycles. The van der Waals surface area contributed by atoms with Crippen molar-refractivity contribution in [1.82, 2.24) is 4.98 Å². The number of hydrogen-bond donors (Lipinski definition) is 0. The first kappa shape index (κ1) is 31.7. The molecule has 0 radical (unpaired) electrons. The minimum absolute atomic E-state index is 0.458. The van der Waals surface area contributed by atoms with Gasteiger partial charge >= 0.3 is 0 Å². The lowest BCUT2D eigenvalue weighted by Gasteiger charge is -2.22. The van der Waals surface area contributed by atoms with Crippen LogP contribution in [0.4, 0.5) is 0 Å². The zero-order chi connectivity index (χ0) is 28.8. The number of benzene rings is 1. The molecule has 2 aromatic rings. The van der Waals surface area contributed by atoms with Crippen molar-refractivity contribution in [2.45, 2.75) is 80.6 Å². The van der Waals surface area contributed by atoms with Gasteiger partial charge in [-0.2, -0.15) is 0 Å². The Balaban J connectivity index is 0.000000302. The molecule has 0 spiro atoms. The van der Waals surface area contributed by atoms with Crippen molar-refractivity contribution in [3.05, 3.63) is 120 Å². The summed E-state index contributed by atoms with van der Waals surface area (Å²) in [5.41, 5.74) is 12.5. The zero-order valence-electron chi connectivity index (χ0n) is 25.3. The molecule has 3 rings (SSSR count). The van der Waals surface area contributed by atoms with Gasteiger partial charge in [0.2, 0.25) is 0 Å². The van der Waals surface area contributed by atoms with Crippen LogP contribution in [0.25, 0.3) is 16.7 Å². The zero-order valence-corrected chi connectivity index (χ0v) is 25.3. The van der Waals surface area contributed by atoms with Crippen LogP contribution in [0, 0.1) is 5.92 Å². The van der Waals surface area contributed by atoms with E-state index in [-0.39, 0.29) is 0 Å². The fourth-order valence-electron chi connectivity index (χ4n) is 4.46. The first-order chi connectivity index (χ1) is 18.8. The molecule has 0 fully saturated rings. The van der Waals surface area contributed by atoms with Crippen LogP contribution in [-0.4, -0.2) is 10.7 Å². The molecule has 0 aliphatic heterocycles. The third kappa shape index (κ3) is 9.32. The van der Waals surface area contributed by atoms with Gasteiger partial charge in [0.1, 0.15) is 0 Å². The average Bonchev–Trinajstić information content (AvgIpc) is 2.97. The van der Waals surface area contributed by atoms with Crippen molar-refractivity contribution in [2.24, 2.45) is 10.9 Å². The summed E-state index contributed by atoms with van der Waals surface area (Å²) in [4.78, 5) is 9.26. The molecule has 0 bridgehead atoms. The normalized spacial score (nSPS) is 15.3. The second-order valence-corrected chi connectivity index (χ2v) is 10.2. The van der Waals surface area contributed by atoms with Crippen LogP contribution in [0.1, 0.15) is 86.1 Å². The Morgan fingerprint density at radius 1 is 0.949 bits per heavy atom. The van der Waals surface area contributed by atoms with E-state index >= 15 is 0 Å². The highest BCUT2D eigenvalue weighted by atomic mass is 14.8. The summed E-state index contributed by atoms with van der Waals surface area (Å²) in [5.74, 6) is 0.458. The van der Waals surface area contributed by atoms with Gasteiger partial charge in [-0.05, 0) is 110 Å². The largest absolute Gasteiger partial charge is 0.265 e. The molecular formula is C37H48N2. The number of aliphatic imine (C=N–C) groups is 1. The molecule has 0 saturated carbocycles. The van der Waals surface area contributed by atoms with Crippen LogP contribution < -0.4 is 0 Å². The van der Waals surface area contributed by atoms with E-state index in [1.165, 1.54) is 44.7 Å². The summed E-state index contributed by atoms with van der Waals surface area (Å²) >= 11 is 0. The van der Waals surface area contributed by atoms with E-state index in [2.05, 4.69) is 102 Å². The van der Waals surface area contributed by atoms with Crippen LogP contribution in [0.5, 0.6) is 0 Å². The Hall–Kier alpha value is -3.52. The summed E-state index contributed by atoms with van der Waals surface area (Å²) < 4.78 is 0. The molecule has 1 atom stereocenters. The van der Waals surface area contributed by atoms with Crippen LogP contribution in [0.2, 0.25) is 0 Å². The molecule has 0 amide bonds. The standard InChI is InChI=1S/C23H35N.C14H13N/c1-8-14-20(11-4)22(17(5)9-2)24-23(18(6)10-3)21-16-13-12-15-19(21)7;1-11(2)12-3-5-13(6-4-12)14-7-9-15-10-8-14/h8,14-16,18H,1,9-13H2,2-7H3;3-10H,1H2,2H3/b20-14+,22-17+,24-23?;. The van der Waals surface area contributed by atoms with Gasteiger partial charge in [0.05, 0.1) is 11.4 Å². The molecule has 0 saturated heterocycles. The van der Waals surface area contributed by atoms with Crippen LogP contribution in [0.3, 0.4) is 0 Å². The van der Waals surface area contributed by atoms with E-state index in [9.17, 15) is 0 Å². The lowest BCUT2D eigenvalue weighted by atomic mass is 9.87. The summed E-state index contributed by atoms with van der Waals surface area (Å²) in [5, 5.41) is 0. The maximum absolute atomic E-state index is 5.25. The highest BCUT2D eigenvalue weighted by Crippen LogP contribution is 2.29. The van der Waals surface area contributed by atoms with Crippen LogP contribution in [-0.2, 0) is 0 Å². The molecule has 2 nitrogen and oxygen atoms in total. The quantitative estimate of drug-likeness (QED) is 0.226. The summed E-state index contributed by atoms with van der Waals surface area (Å²) in [6.45, 7) is 23.2. The first-order valence-electron chi connectivity index (χ1n) is 14.4. The summed E-state index contributed by atoms with van der Waals surface area (Å²) in [7, 11) is 0. The third-order valence-electron chi connectivity index (χ3n) is 7.31. The smallest absolute Gasteiger partial charge is 0.0654 e. The number of allylic oxidation sites excluding steroid dienone is 9. The van der Waals surface area contributed by atoms with Crippen LogP contribution in [0.15, 0.2) is 119 Å². The molecule has 1 heterocycles. The van der Waals surface area contributed by atoms with E-state index in [0.29, 0.717) is 5.92 Å². The van der Waals surface area contributed by atoms with E-state index in [4.69, 9.17) is 4.99 Å². The molecule has 0 N–H and O–H groups in total. The fourth-order valence-corrected chi connectivity index (χ4v) is 4.46. The van der Waals surface area contributed by atoms with Gasteiger partial charge in [0.25, 0.3) is 0 Å². The summed E-state index contributed by atoms with van der Waals surface area (Å²) in [6.07, 6.45) is 17.7. The van der Waals surface area contributed by atoms with Crippen molar-refractivity contribution < 1.29 is 0 Å². The second kappa shape index (κ2) is 16.4. The number of nitrogens with zero attached hydrogens (tertiary/aromatic N) is 2. The van der Waals surface area contributed by atoms with E-state index in [0.717, 1.165) is 43.4 Å². The third-order valence-corrected chi connectivity index (χ3v) is 7.31. The topological polar surface area (TPSA) is 25.2 Å². The summed E-state index contributed by atoms with van der Waals surface area (Å²) in [6, 6.07) is 12.4. The lowest BCUT2D eigenvalue weighted by Crippen LogP contribution is -2.16. The van der Waals surface area contributed by atoms with Gasteiger partial charge < -0.3 is 0 Å². The van der Waals surface area contributed by atoms with Gasteiger partial charge in [0, 0.05) is 12.4 Å². The number of hydrogen-bond acceptors (Lipinski definition) is 2. The number of rotatable bonds is 10. The highest BCUT2D eigenvalue weighted by molar-refractivity contribution is 6.06. The Kier molecular flexibility index (Phi) is 13.4. The second-order valence-electron chi connectivity index (χ2n) is 10.2. The monoisotopic (exact) mass is 520 g/mol. The van der Waals surface area contributed by atoms with Gasteiger partial charge in [0.15, 0.2) is 0 Å².